The van der Waals surface area contributed by atoms with Crippen LogP contribution in [0.1, 0.15) is 43.4 Å². The zero-order valence-corrected chi connectivity index (χ0v) is 10.8. The summed E-state index contributed by atoms with van der Waals surface area (Å²) < 4.78 is 0. The molecule has 0 aliphatic carbocycles. The van der Waals surface area contributed by atoms with Gasteiger partial charge in [-0.25, -0.2) is 4.98 Å². The van der Waals surface area contributed by atoms with Crippen molar-refractivity contribution in [1.82, 2.24) is 9.88 Å². The Bertz CT molecular complexity index is 365. The van der Waals surface area contributed by atoms with Crippen LogP contribution in [0.2, 0.25) is 5.15 Å². The summed E-state index contributed by atoms with van der Waals surface area (Å²) in [5, 5.41) is 0.597. The summed E-state index contributed by atoms with van der Waals surface area (Å²) in [7, 11) is 0. The lowest BCUT2D eigenvalue weighted by molar-refractivity contribution is 0.156. The predicted octanol–water partition coefficient (Wildman–Crippen LogP) is 3.59. The maximum absolute atomic E-state index is 5.90. The Kier molecular flexibility index (Phi) is 3.82. The van der Waals surface area contributed by atoms with Gasteiger partial charge in [-0.15, -0.1) is 0 Å². The van der Waals surface area contributed by atoms with Crippen LogP contribution in [-0.4, -0.2) is 23.0 Å². The number of aryl methyl sites for hydroxylation is 1. The average molecular weight is 239 g/mol. The molecule has 0 amide bonds. The molecule has 0 spiro atoms. The molecule has 0 N–H and O–H groups in total. The largest absolute Gasteiger partial charge is 0.297 e. The SMILES string of the molecule is CCN1CCCC[C@@H]1c1cnc(Cl)cc1C. The van der Waals surface area contributed by atoms with Crippen LogP contribution in [0, 0.1) is 6.92 Å². The summed E-state index contributed by atoms with van der Waals surface area (Å²) in [5.41, 5.74) is 2.62. The van der Waals surface area contributed by atoms with Gasteiger partial charge in [0.05, 0.1) is 0 Å². The molecule has 0 saturated carbocycles. The molecular weight excluding hydrogens is 220 g/mol. The molecule has 1 aliphatic rings. The molecule has 3 heteroatoms. The molecule has 0 aromatic carbocycles. The highest BCUT2D eigenvalue weighted by molar-refractivity contribution is 6.29. The van der Waals surface area contributed by atoms with E-state index in [9.17, 15) is 0 Å². The monoisotopic (exact) mass is 238 g/mol. The van der Waals surface area contributed by atoms with Crippen molar-refractivity contribution in [3.63, 3.8) is 0 Å². The van der Waals surface area contributed by atoms with Crippen LogP contribution >= 0.6 is 11.6 Å². The molecule has 0 unspecified atom stereocenters. The highest BCUT2D eigenvalue weighted by Gasteiger charge is 2.23. The first-order valence-electron chi connectivity index (χ1n) is 6.08. The molecule has 1 fully saturated rings. The molecule has 0 radical (unpaired) electrons. The third-order valence-electron chi connectivity index (χ3n) is 3.50. The van der Waals surface area contributed by atoms with Crippen LogP contribution in [0.5, 0.6) is 0 Å². The van der Waals surface area contributed by atoms with Crippen molar-refractivity contribution >= 4 is 11.6 Å². The van der Waals surface area contributed by atoms with Gasteiger partial charge < -0.3 is 0 Å². The summed E-state index contributed by atoms with van der Waals surface area (Å²) in [4.78, 5) is 6.77. The number of hydrogen-bond donors (Lipinski definition) is 0. The molecule has 2 heterocycles. The Morgan fingerprint density at radius 3 is 3.00 bits per heavy atom. The standard InChI is InChI=1S/C13H19ClN2/c1-3-16-7-5-4-6-12(16)11-9-15-13(14)8-10(11)2/h8-9,12H,3-7H2,1-2H3/t12-/m1/s1. The van der Waals surface area contributed by atoms with Gasteiger partial charge >= 0.3 is 0 Å². The minimum atomic E-state index is 0.545. The Morgan fingerprint density at radius 1 is 1.50 bits per heavy atom. The van der Waals surface area contributed by atoms with Gasteiger partial charge in [-0.05, 0) is 50.0 Å². The molecule has 1 atom stereocenters. The number of pyridine rings is 1. The lowest BCUT2D eigenvalue weighted by atomic mass is 9.94. The Hall–Kier alpha value is -0.600. The van der Waals surface area contributed by atoms with Crippen molar-refractivity contribution in [3.8, 4) is 0 Å². The molecule has 88 valence electrons. The summed E-state index contributed by atoms with van der Waals surface area (Å²) in [5.74, 6) is 0. The van der Waals surface area contributed by atoms with E-state index in [0.29, 0.717) is 11.2 Å². The summed E-state index contributed by atoms with van der Waals surface area (Å²) in [6.45, 7) is 6.69. The number of halogens is 1. The molecule has 2 nitrogen and oxygen atoms in total. The number of piperidine rings is 1. The van der Waals surface area contributed by atoms with E-state index in [2.05, 4.69) is 23.7 Å². The van der Waals surface area contributed by atoms with Gasteiger partial charge in [-0.2, -0.15) is 0 Å². The Balaban J connectivity index is 2.27. The van der Waals surface area contributed by atoms with E-state index in [1.54, 1.807) is 0 Å². The summed E-state index contributed by atoms with van der Waals surface area (Å²) >= 11 is 5.90. The van der Waals surface area contributed by atoms with Crippen molar-refractivity contribution in [3.05, 3.63) is 28.5 Å². The second-order valence-corrected chi connectivity index (χ2v) is 4.89. The molecule has 0 bridgehead atoms. The third kappa shape index (κ3) is 2.38. The molecule has 2 rings (SSSR count). The van der Waals surface area contributed by atoms with Crippen LogP contribution in [-0.2, 0) is 0 Å². The van der Waals surface area contributed by atoms with Gasteiger partial charge in [-0.3, -0.25) is 4.90 Å². The zero-order valence-electron chi connectivity index (χ0n) is 10.0. The molecule has 1 aromatic heterocycles. The van der Waals surface area contributed by atoms with Gasteiger partial charge in [0, 0.05) is 12.2 Å². The normalized spacial score (nSPS) is 22.3. The second kappa shape index (κ2) is 5.15. The van der Waals surface area contributed by atoms with Crippen molar-refractivity contribution in [2.24, 2.45) is 0 Å². The van der Waals surface area contributed by atoms with Gasteiger partial charge in [0.15, 0.2) is 0 Å². The molecule has 1 aromatic rings. The lowest BCUT2D eigenvalue weighted by Gasteiger charge is -2.35. The number of rotatable bonds is 2. The van der Waals surface area contributed by atoms with E-state index in [0.717, 1.165) is 6.54 Å². The zero-order chi connectivity index (χ0) is 11.5. The summed E-state index contributed by atoms with van der Waals surface area (Å²) in [6, 6.07) is 2.52. The fourth-order valence-corrected chi connectivity index (χ4v) is 2.82. The smallest absolute Gasteiger partial charge is 0.129 e. The van der Waals surface area contributed by atoms with E-state index in [1.165, 1.54) is 36.9 Å². The van der Waals surface area contributed by atoms with Crippen LogP contribution in [0.25, 0.3) is 0 Å². The first kappa shape index (κ1) is 11.9. The minimum Gasteiger partial charge on any atom is -0.297 e. The van der Waals surface area contributed by atoms with E-state index in [1.807, 2.05) is 12.3 Å². The van der Waals surface area contributed by atoms with E-state index >= 15 is 0 Å². The van der Waals surface area contributed by atoms with Crippen molar-refractivity contribution in [2.75, 3.05) is 13.1 Å². The van der Waals surface area contributed by atoms with Gasteiger partial charge in [0.1, 0.15) is 5.15 Å². The van der Waals surface area contributed by atoms with Crippen molar-refractivity contribution in [2.45, 2.75) is 39.2 Å². The maximum atomic E-state index is 5.90. The number of aromatic nitrogens is 1. The van der Waals surface area contributed by atoms with Crippen molar-refractivity contribution < 1.29 is 0 Å². The van der Waals surface area contributed by atoms with Gasteiger partial charge in [-0.1, -0.05) is 24.9 Å². The highest BCUT2D eigenvalue weighted by Crippen LogP contribution is 2.32. The van der Waals surface area contributed by atoms with Crippen LogP contribution < -0.4 is 0 Å². The van der Waals surface area contributed by atoms with Crippen LogP contribution in [0.4, 0.5) is 0 Å². The molecule has 16 heavy (non-hydrogen) atoms. The van der Waals surface area contributed by atoms with E-state index < -0.39 is 0 Å². The van der Waals surface area contributed by atoms with Crippen LogP contribution in [0.15, 0.2) is 12.3 Å². The minimum absolute atomic E-state index is 0.545. The molecule has 1 saturated heterocycles. The first-order valence-corrected chi connectivity index (χ1v) is 6.46. The average Bonchev–Trinajstić information content (AvgIpc) is 2.29. The number of hydrogen-bond acceptors (Lipinski definition) is 2. The number of likely N-dealkylation sites (tertiary alicyclic amines) is 1. The van der Waals surface area contributed by atoms with E-state index in [4.69, 9.17) is 11.6 Å². The molecule has 1 aliphatic heterocycles. The summed E-state index contributed by atoms with van der Waals surface area (Å²) in [6.07, 6.45) is 5.85. The quantitative estimate of drug-likeness (QED) is 0.732. The number of nitrogens with zero attached hydrogens (tertiary/aromatic N) is 2. The lowest BCUT2D eigenvalue weighted by Crippen LogP contribution is -2.33. The Labute approximate surface area is 103 Å². The van der Waals surface area contributed by atoms with E-state index in [-0.39, 0.29) is 0 Å². The maximum Gasteiger partial charge on any atom is 0.129 e. The Morgan fingerprint density at radius 2 is 2.31 bits per heavy atom. The predicted molar refractivity (Wildman–Crippen MR) is 67.8 cm³/mol. The third-order valence-corrected chi connectivity index (χ3v) is 3.70. The van der Waals surface area contributed by atoms with Crippen molar-refractivity contribution in [1.29, 1.82) is 0 Å². The second-order valence-electron chi connectivity index (χ2n) is 4.50. The molecular formula is C13H19ClN2. The highest BCUT2D eigenvalue weighted by atomic mass is 35.5. The topological polar surface area (TPSA) is 16.1 Å². The fourth-order valence-electron chi connectivity index (χ4n) is 2.60. The van der Waals surface area contributed by atoms with Gasteiger partial charge in [0.25, 0.3) is 0 Å². The fraction of sp³-hybridized carbons (Fsp3) is 0.615. The van der Waals surface area contributed by atoms with Crippen LogP contribution in [0.3, 0.4) is 0 Å². The first-order chi connectivity index (χ1) is 7.72. The van der Waals surface area contributed by atoms with Gasteiger partial charge in [0.2, 0.25) is 0 Å².